The highest BCUT2D eigenvalue weighted by Gasteiger charge is 2.15. The molecule has 12 heavy (non-hydrogen) atoms. The first kappa shape index (κ1) is 9.96. The van der Waals surface area contributed by atoms with Crippen molar-refractivity contribution in [1.82, 2.24) is 10.6 Å². The Morgan fingerprint density at radius 3 is 2.67 bits per heavy atom. The lowest BCUT2D eigenvalue weighted by atomic mass is 10.1. The lowest BCUT2D eigenvalue weighted by Gasteiger charge is -2.27. The molecule has 1 unspecified atom stereocenters. The van der Waals surface area contributed by atoms with Gasteiger partial charge in [-0.05, 0) is 32.4 Å². The molecule has 3 heteroatoms. The second-order valence-electron chi connectivity index (χ2n) is 3.48. The van der Waals surface area contributed by atoms with Crippen molar-refractivity contribution < 1.29 is 5.11 Å². The van der Waals surface area contributed by atoms with Crippen molar-refractivity contribution in [1.29, 1.82) is 0 Å². The average molecular weight is 172 g/mol. The van der Waals surface area contributed by atoms with Crippen molar-refractivity contribution in [2.75, 3.05) is 19.7 Å². The summed E-state index contributed by atoms with van der Waals surface area (Å²) in [7, 11) is 0. The van der Waals surface area contributed by atoms with Crippen LogP contribution in [0.3, 0.4) is 0 Å². The summed E-state index contributed by atoms with van der Waals surface area (Å²) in [6.07, 6.45) is 3.40. The second-order valence-corrected chi connectivity index (χ2v) is 3.48. The molecule has 0 aromatic rings. The summed E-state index contributed by atoms with van der Waals surface area (Å²) in [6.45, 7) is 4.59. The second kappa shape index (κ2) is 5.51. The molecular weight excluding hydrogens is 152 g/mol. The molecule has 0 aromatic carbocycles. The van der Waals surface area contributed by atoms with E-state index >= 15 is 0 Å². The van der Waals surface area contributed by atoms with E-state index in [1.54, 1.807) is 0 Å². The Bertz CT molecular complexity index is 109. The van der Waals surface area contributed by atoms with Gasteiger partial charge in [-0.3, -0.25) is 0 Å². The predicted octanol–water partition coefficient (Wildman–Crippen LogP) is 0.0989. The third kappa shape index (κ3) is 3.09. The molecule has 0 aliphatic carbocycles. The van der Waals surface area contributed by atoms with E-state index in [1.165, 1.54) is 12.8 Å². The van der Waals surface area contributed by atoms with E-state index in [0.717, 1.165) is 19.5 Å². The van der Waals surface area contributed by atoms with Gasteiger partial charge in [-0.1, -0.05) is 6.92 Å². The molecule has 0 bridgehead atoms. The largest absolute Gasteiger partial charge is 0.395 e. The van der Waals surface area contributed by atoms with E-state index in [0.29, 0.717) is 12.1 Å². The zero-order valence-corrected chi connectivity index (χ0v) is 7.84. The molecule has 0 spiro atoms. The number of rotatable bonds is 4. The minimum Gasteiger partial charge on any atom is -0.395 e. The molecule has 0 saturated carbocycles. The van der Waals surface area contributed by atoms with Gasteiger partial charge in [0.15, 0.2) is 0 Å². The van der Waals surface area contributed by atoms with E-state index in [2.05, 4.69) is 17.6 Å². The third-order valence-electron chi connectivity index (χ3n) is 2.52. The smallest absolute Gasteiger partial charge is 0.0584 e. The van der Waals surface area contributed by atoms with Crippen LogP contribution < -0.4 is 10.6 Å². The van der Waals surface area contributed by atoms with E-state index in [-0.39, 0.29) is 6.61 Å². The standard InChI is InChI=1S/C9H20N2O/c1-2-8(7-12)11-9-3-5-10-6-4-9/h8-12H,2-7H2,1H3. The molecule has 72 valence electrons. The predicted molar refractivity (Wildman–Crippen MR) is 50.2 cm³/mol. The van der Waals surface area contributed by atoms with E-state index < -0.39 is 0 Å². The summed E-state index contributed by atoms with van der Waals surface area (Å²) < 4.78 is 0. The van der Waals surface area contributed by atoms with Crippen LogP contribution in [0.4, 0.5) is 0 Å². The zero-order valence-electron chi connectivity index (χ0n) is 7.84. The fourth-order valence-corrected chi connectivity index (χ4v) is 1.62. The monoisotopic (exact) mass is 172 g/mol. The summed E-state index contributed by atoms with van der Waals surface area (Å²) in [4.78, 5) is 0. The minimum absolute atomic E-state index is 0.264. The molecule has 1 aliphatic rings. The topological polar surface area (TPSA) is 44.3 Å². The van der Waals surface area contributed by atoms with Gasteiger partial charge < -0.3 is 15.7 Å². The Kier molecular flexibility index (Phi) is 4.58. The Hall–Kier alpha value is -0.120. The van der Waals surface area contributed by atoms with Crippen LogP contribution in [-0.4, -0.2) is 36.9 Å². The van der Waals surface area contributed by atoms with Gasteiger partial charge in [-0.25, -0.2) is 0 Å². The van der Waals surface area contributed by atoms with E-state index in [9.17, 15) is 0 Å². The fourth-order valence-electron chi connectivity index (χ4n) is 1.62. The molecule has 0 amide bonds. The number of hydrogen-bond acceptors (Lipinski definition) is 3. The minimum atomic E-state index is 0.264. The molecule has 1 saturated heterocycles. The SMILES string of the molecule is CCC(CO)NC1CCNCC1. The van der Waals surface area contributed by atoms with Crippen LogP contribution in [-0.2, 0) is 0 Å². The first-order valence-electron chi connectivity index (χ1n) is 4.94. The Balaban J connectivity index is 2.18. The molecule has 1 heterocycles. The van der Waals surface area contributed by atoms with Gasteiger partial charge in [0.1, 0.15) is 0 Å². The van der Waals surface area contributed by atoms with Gasteiger partial charge in [-0.15, -0.1) is 0 Å². The quantitative estimate of drug-likeness (QED) is 0.563. The van der Waals surface area contributed by atoms with E-state index in [4.69, 9.17) is 5.11 Å². The van der Waals surface area contributed by atoms with Crippen molar-refractivity contribution >= 4 is 0 Å². The van der Waals surface area contributed by atoms with Gasteiger partial charge in [0, 0.05) is 12.1 Å². The van der Waals surface area contributed by atoms with Crippen LogP contribution >= 0.6 is 0 Å². The Morgan fingerprint density at radius 1 is 1.50 bits per heavy atom. The van der Waals surface area contributed by atoms with Gasteiger partial charge in [0.25, 0.3) is 0 Å². The summed E-state index contributed by atoms with van der Waals surface area (Å²) in [5.41, 5.74) is 0. The van der Waals surface area contributed by atoms with Crippen molar-refractivity contribution in [3.05, 3.63) is 0 Å². The van der Waals surface area contributed by atoms with Gasteiger partial charge >= 0.3 is 0 Å². The molecule has 1 fully saturated rings. The highest BCUT2D eigenvalue weighted by molar-refractivity contribution is 4.77. The fraction of sp³-hybridized carbons (Fsp3) is 1.00. The summed E-state index contributed by atoms with van der Waals surface area (Å²) >= 11 is 0. The van der Waals surface area contributed by atoms with Gasteiger partial charge in [0.2, 0.25) is 0 Å². The van der Waals surface area contributed by atoms with Gasteiger partial charge in [-0.2, -0.15) is 0 Å². The normalized spacial score (nSPS) is 22.5. The molecule has 0 aromatic heterocycles. The van der Waals surface area contributed by atoms with Crippen LogP contribution in [0, 0.1) is 0 Å². The molecule has 1 rings (SSSR count). The van der Waals surface area contributed by atoms with Crippen LogP contribution in [0.1, 0.15) is 26.2 Å². The number of nitrogens with one attached hydrogen (secondary N) is 2. The summed E-state index contributed by atoms with van der Waals surface area (Å²) in [6, 6.07) is 0.913. The van der Waals surface area contributed by atoms with Gasteiger partial charge in [0.05, 0.1) is 6.61 Å². The van der Waals surface area contributed by atoms with Crippen LogP contribution in [0.5, 0.6) is 0 Å². The molecular formula is C9H20N2O. The molecule has 1 aliphatic heterocycles. The van der Waals surface area contributed by atoms with Crippen molar-refractivity contribution in [3.8, 4) is 0 Å². The maximum absolute atomic E-state index is 8.98. The number of aliphatic hydroxyl groups excluding tert-OH is 1. The maximum atomic E-state index is 8.98. The third-order valence-corrected chi connectivity index (χ3v) is 2.52. The first-order valence-corrected chi connectivity index (χ1v) is 4.94. The highest BCUT2D eigenvalue weighted by atomic mass is 16.3. The molecule has 3 nitrogen and oxygen atoms in total. The molecule has 1 atom stereocenters. The zero-order chi connectivity index (χ0) is 8.81. The average Bonchev–Trinajstić information content (AvgIpc) is 2.16. The number of aliphatic hydroxyl groups is 1. The summed E-state index contributed by atoms with van der Waals surface area (Å²) in [5, 5.41) is 15.8. The highest BCUT2D eigenvalue weighted by Crippen LogP contribution is 2.04. The van der Waals surface area contributed by atoms with Crippen LogP contribution in [0.25, 0.3) is 0 Å². The van der Waals surface area contributed by atoms with Crippen molar-refractivity contribution in [2.45, 2.75) is 38.3 Å². The van der Waals surface area contributed by atoms with Crippen molar-refractivity contribution in [2.24, 2.45) is 0 Å². The molecule has 3 N–H and O–H groups in total. The van der Waals surface area contributed by atoms with Crippen molar-refractivity contribution in [3.63, 3.8) is 0 Å². The van der Waals surface area contributed by atoms with Crippen LogP contribution in [0.2, 0.25) is 0 Å². The molecule has 0 radical (unpaired) electrons. The lowest BCUT2D eigenvalue weighted by molar-refractivity contribution is 0.217. The Morgan fingerprint density at radius 2 is 2.17 bits per heavy atom. The summed E-state index contributed by atoms with van der Waals surface area (Å²) in [5.74, 6) is 0. The van der Waals surface area contributed by atoms with Crippen LogP contribution in [0.15, 0.2) is 0 Å². The number of piperidine rings is 1. The van der Waals surface area contributed by atoms with E-state index in [1.807, 2.05) is 0 Å². The number of hydrogen-bond donors (Lipinski definition) is 3. The lowest BCUT2D eigenvalue weighted by Crippen LogP contribution is -2.45. The maximum Gasteiger partial charge on any atom is 0.0584 e. The Labute approximate surface area is 74.5 Å². The first-order chi connectivity index (χ1) is 5.86.